The van der Waals surface area contributed by atoms with Crippen LogP contribution in [0.3, 0.4) is 0 Å². The molecular formula is C22H13Cl3N2O3. The van der Waals surface area contributed by atoms with E-state index in [1.165, 1.54) is 17.0 Å². The number of para-hydroxylation sites is 1. The van der Waals surface area contributed by atoms with Crippen LogP contribution in [0.2, 0.25) is 15.1 Å². The molecule has 0 saturated heterocycles. The number of oxime groups is 1. The van der Waals surface area contributed by atoms with Gasteiger partial charge < -0.3 is 9.74 Å². The molecule has 3 aromatic carbocycles. The molecule has 0 bridgehead atoms. The fourth-order valence-corrected chi connectivity index (χ4v) is 3.72. The quantitative estimate of drug-likeness (QED) is 0.368. The molecular weight excluding hydrogens is 447 g/mol. The lowest BCUT2D eigenvalue weighted by Gasteiger charge is -2.18. The molecule has 0 spiro atoms. The summed E-state index contributed by atoms with van der Waals surface area (Å²) >= 11 is 18.4. The number of benzene rings is 3. The Hall–Kier alpha value is -2.86. The molecule has 30 heavy (non-hydrogen) atoms. The summed E-state index contributed by atoms with van der Waals surface area (Å²) in [6.45, 7) is 0.151. The minimum absolute atomic E-state index is 0.0242. The largest absolute Gasteiger partial charge is 0.365 e. The van der Waals surface area contributed by atoms with Crippen LogP contribution in [-0.4, -0.2) is 17.6 Å². The average Bonchev–Trinajstić information content (AvgIpc) is 3.00. The van der Waals surface area contributed by atoms with Crippen molar-refractivity contribution in [3.63, 3.8) is 0 Å². The molecule has 150 valence electrons. The Morgan fingerprint density at radius 1 is 0.900 bits per heavy atom. The predicted octanol–water partition coefficient (Wildman–Crippen LogP) is 5.75. The number of carbonyl (C=O) groups is 2. The number of carbonyl (C=O) groups excluding carboxylic acids is 2. The summed E-state index contributed by atoms with van der Waals surface area (Å²) < 4.78 is 0. The third-order valence-electron chi connectivity index (χ3n) is 4.58. The Bertz CT molecular complexity index is 1160. The maximum Gasteiger partial charge on any atom is 0.365 e. The van der Waals surface area contributed by atoms with Gasteiger partial charge in [-0.15, -0.1) is 0 Å². The lowest BCUT2D eigenvalue weighted by atomic mass is 10.1. The van der Waals surface area contributed by atoms with Gasteiger partial charge in [-0.25, -0.2) is 4.79 Å². The summed E-state index contributed by atoms with van der Waals surface area (Å²) in [4.78, 5) is 31.9. The van der Waals surface area contributed by atoms with E-state index < -0.39 is 11.9 Å². The molecule has 0 aliphatic carbocycles. The van der Waals surface area contributed by atoms with Crippen molar-refractivity contribution in [3.8, 4) is 0 Å². The van der Waals surface area contributed by atoms with Gasteiger partial charge in [0.1, 0.15) is 0 Å². The highest BCUT2D eigenvalue weighted by Crippen LogP contribution is 2.34. The Kier molecular flexibility index (Phi) is 5.77. The van der Waals surface area contributed by atoms with E-state index in [-0.39, 0.29) is 17.8 Å². The van der Waals surface area contributed by atoms with E-state index in [0.717, 1.165) is 0 Å². The molecule has 1 aliphatic heterocycles. The van der Waals surface area contributed by atoms with Crippen LogP contribution in [0.25, 0.3) is 0 Å². The number of hydrogen-bond donors (Lipinski definition) is 0. The van der Waals surface area contributed by atoms with Crippen LogP contribution in [0.5, 0.6) is 0 Å². The van der Waals surface area contributed by atoms with Gasteiger partial charge in [-0.05, 0) is 42.5 Å². The molecule has 3 aromatic rings. The van der Waals surface area contributed by atoms with Crippen LogP contribution in [0.15, 0.2) is 71.9 Å². The number of fused-ring (bicyclic) bond motifs is 1. The molecule has 0 atom stereocenters. The van der Waals surface area contributed by atoms with Gasteiger partial charge in [-0.2, -0.15) is 0 Å². The van der Waals surface area contributed by atoms with Crippen molar-refractivity contribution in [1.82, 2.24) is 0 Å². The first-order valence-corrected chi connectivity index (χ1v) is 9.98. The molecule has 4 rings (SSSR count). The maximum absolute atomic E-state index is 13.1. The highest BCUT2D eigenvalue weighted by Gasteiger charge is 2.35. The van der Waals surface area contributed by atoms with E-state index >= 15 is 0 Å². The summed E-state index contributed by atoms with van der Waals surface area (Å²) in [5, 5.41) is 5.25. The van der Waals surface area contributed by atoms with E-state index in [1.54, 1.807) is 54.6 Å². The van der Waals surface area contributed by atoms with Crippen molar-refractivity contribution in [3.05, 3.63) is 98.5 Å². The monoisotopic (exact) mass is 458 g/mol. The molecule has 0 unspecified atom stereocenters. The second-order valence-corrected chi connectivity index (χ2v) is 7.69. The highest BCUT2D eigenvalue weighted by molar-refractivity contribution is 6.54. The van der Waals surface area contributed by atoms with Crippen LogP contribution in [0.4, 0.5) is 5.69 Å². The molecule has 1 heterocycles. The average molecular weight is 460 g/mol. The minimum Gasteiger partial charge on any atom is -0.312 e. The number of rotatable bonds is 4. The lowest BCUT2D eigenvalue weighted by molar-refractivity contribution is -0.112. The first-order chi connectivity index (χ1) is 14.5. The number of anilines is 1. The number of nitrogens with zero attached hydrogens (tertiary/aromatic N) is 2. The molecule has 0 radical (unpaired) electrons. The highest BCUT2D eigenvalue weighted by atomic mass is 35.5. The van der Waals surface area contributed by atoms with Crippen molar-refractivity contribution in [2.45, 2.75) is 6.54 Å². The van der Waals surface area contributed by atoms with Crippen LogP contribution in [-0.2, 0) is 16.2 Å². The maximum atomic E-state index is 13.1. The van der Waals surface area contributed by atoms with Crippen molar-refractivity contribution >= 4 is 58.1 Å². The number of hydrogen-bond acceptors (Lipinski definition) is 4. The van der Waals surface area contributed by atoms with Crippen molar-refractivity contribution in [2.75, 3.05) is 4.90 Å². The smallest absolute Gasteiger partial charge is 0.312 e. The molecule has 1 amide bonds. The van der Waals surface area contributed by atoms with E-state index in [0.29, 0.717) is 31.9 Å². The van der Waals surface area contributed by atoms with E-state index in [9.17, 15) is 9.59 Å². The summed E-state index contributed by atoms with van der Waals surface area (Å²) in [7, 11) is 0. The fourth-order valence-electron chi connectivity index (χ4n) is 3.07. The Morgan fingerprint density at radius 3 is 2.27 bits per heavy atom. The molecule has 1 aliphatic rings. The Labute approximate surface area is 187 Å². The van der Waals surface area contributed by atoms with Gasteiger partial charge in [0.25, 0.3) is 5.91 Å². The van der Waals surface area contributed by atoms with E-state index in [2.05, 4.69) is 5.16 Å². The van der Waals surface area contributed by atoms with Gasteiger partial charge in [0.2, 0.25) is 0 Å². The minimum atomic E-state index is -0.697. The van der Waals surface area contributed by atoms with E-state index in [1.807, 2.05) is 0 Å². The topological polar surface area (TPSA) is 59.0 Å². The number of amides is 1. The molecule has 0 saturated carbocycles. The molecule has 8 heteroatoms. The SMILES string of the molecule is O=C(O/N=C1/C(=O)N(Cc2c(Cl)cccc2Cl)c2ccccc21)c1ccc(Cl)cc1. The Morgan fingerprint density at radius 2 is 1.57 bits per heavy atom. The van der Waals surface area contributed by atoms with E-state index in [4.69, 9.17) is 39.6 Å². The molecule has 5 nitrogen and oxygen atoms in total. The van der Waals surface area contributed by atoms with Crippen LogP contribution in [0.1, 0.15) is 21.5 Å². The normalized spacial score (nSPS) is 14.2. The predicted molar refractivity (Wildman–Crippen MR) is 117 cm³/mol. The summed E-state index contributed by atoms with van der Waals surface area (Å²) in [5.41, 5.74) is 2.08. The van der Waals surface area contributed by atoms with Crippen molar-refractivity contribution < 1.29 is 14.4 Å². The summed E-state index contributed by atoms with van der Waals surface area (Å²) in [5.74, 6) is -1.12. The van der Waals surface area contributed by atoms with Gasteiger partial charge in [-0.3, -0.25) is 4.79 Å². The summed E-state index contributed by atoms with van der Waals surface area (Å²) in [6, 6.07) is 18.4. The van der Waals surface area contributed by atoms with Gasteiger partial charge in [-0.1, -0.05) is 64.2 Å². The standard InChI is InChI=1S/C22H13Cl3N2O3/c23-14-10-8-13(9-11-14)22(29)30-26-20-15-4-1-2-7-19(15)27(21(20)28)12-16-17(24)5-3-6-18(16)25/h1-11H,12H2/b26-20+. The third-order valence-corrected chi connectivity index (χ3v) is 5.54. The van der Waals surface area contributed by atoms with Gasteiger partial charge in [0, 0.05) is 26.2 Å². The van der Waals surface area contributed by atoms with Crippen LogP contribution >= 0.6 is 34.8 Å². The van der Waals surface area contributed by atoms with Crippen LogP contribution < -0.4 is 4.90 Å². The molecule has 0 aromatic heterocycles. The first-order valence-electron chi connectivity index (χ1n) is 8.85. The zero-order chi connectivity index (χ0) is 21.3. The molecule has 0 fully saturated rings. The van der Waals surface area contributed by atoms with Gasteiger partial charge in [0.05, 0.1) is 17.8 Å². The third kappa shape index (κ3) is 3.92. The number of halogens is 3. The molecule has 0 N–H and O–H groups in total. The lowest BCUT2D eigenvalue weighted by Crippen LogP contribution is -2.30. The zero-order valence-electron chi connectivity index (χ0n) is 15.3. The second-order valence-electron chi connectivity index (χ2n) is 6.43. The first kappa shape index (κ1) is 20.4. The Balaban J connectivity index is 1.64. The van der Waals surface area contributed by atoms with Gasteiger partial charge >= 0.3 is 5.97 Å². The van der Waals surface area contributed by atoms with Crippen LogP contribution in [0, 0.1) is 0 Å². The summed E-state index contributed by atoms with van der Waals surface area (Å²) in [6.07, 6.45) is 0. The van der Waals surface area contributed by atoms with Gasteiger partial charge in [0.15, 0.2) is 5.71 Å². The zero-order valence-corrected chi connectivity index (χ0v) is 17.6. The second kappa shape index (κ2) is 8.48. The van der Waals surface area contributed by atoms with Crippen molar-refractivity contribution in [2.24, 2.45) is 5.16 Å². The fraction of sp³-hybridized carbons (Fsp3) is 0.0455. The van der Waals surface area contributed by atoms with Crippen molar-refractivity contribution in [1.29, 1.82) is 0 Å².